The molecule has 0 fully saturated rings. The minimum atomic E-state index is -0.438. The molecule has 0 N–H and O–H groups in total. The summed E-state index contributed by atoms with van der Waals surface area (Å²) in [7, 11) is -0.310. The van der Waals surface area contributed by atoms with E-state index in [1.165, 1.54) is 20.9 Å². The van der Waals surface area contributed by atoms with Gasteiger partial charge in [0, 0.05) is 0 Å². The van der Waals surface area contributed by atoms with E-state index in [0.29, 0.717) is 17.4 Å². The van der Waals surface area contributed by atoms with Crippen LogP contribution in [0, 0.1) is 0 Å². The number of ether oxygens (including phenoxy) is 2. The van der Waals surface area contributed by atoms with Crippen molar-refractivity contribution < 1.29 is 19.1 Å². The first-order chi connectivity index (χ1) is 17.2. The van der Waals surface area contributed by atoms with Gasteiger partial charge in [-0.15, -0.1) is 0 Å². The van der Waals surface area contributed by atoms with Crippen molar-refractivity contribution in [1.29, 1.82) is 0 Å². The maximum Gasteiger partial charge on any atom is 0.338 e. The quantitative estimate of drug-likeness (QED) is 0.110. The lowest BCUT2D eigenvalue weighted by atomic mass is 10.0. The number of carbonyl (C=O) groups excluding carboxylic acids is 2. The Kier molecular flexibility index (Phi) is 10.2. The van der Waals surface area contributed by atoms with E-state index in [9.17, 15) is 9.59 Å². The summed E-state index contributed by atoms with van der Waals surface area (Å²) >= 11 is 3.15. The standard InChI is InChI=1S/C30H34BrO4S/c1-20(2)23-6-12-26(13-7-23)36(27-14-8-24(9-15-27)21(3)4)28-16-10-25(11-17-28)30(33)35-19-18-34-29(32)22(5)31/h6-17,20-22H,18-19H2,1-5H3/q+1. The summed E-state index contributed by atoms with van der Waals surface area (Å²) < 4.78 is 10.3. The number of hydrogen-bond acceptors (Lipinski definition) is 4. The molecule has 6 heteroatoms. The molecule has 36 heavy (non-hydrogen) atoms. The summed E-state index contributed by atoms with van der Waals surface area (Å²) in [6.45, 7) is 10.5. The van der Waals surface area contributed by atoms with Gasteiger partial charge in [-0.25, -0.2) is 4.79 Å². The average molecular weight is 571 g/mol. The largest absolute Gasteiger partial charge is 0.461 e. The van der Waals surface area contributed by atoms with Gasteiger partial charge < -0.3 is 9.47 Å². The van der Waals surface area contributed by atoms with Crippen LogP contribution in [0.15, 0.2) is 87.5 Å². The Balaban J connectivity index is 1.80. The first-order valence-electron chi connectivity index (χ1n) is 12.2. The van der Waals surface area contributed by atoms with Crippen LogP contribution < -0.4 is 0 Å². The molecule has 0 aliphatic rings. The molecule has 0 aromatic heterocycles. The maximum atomic E-state index is 12.5. The van der Waals surface area contributed by atoms with E-state index >= 15 is 0 Å². The third-order valence-electron chi connectivity index (χ3n) is 5.78. The maximum absolute atomic E-state index is 12.5. The predicted molar refractivity (Wildman–Crippen MR) is 149 cm³/mol. The Labute approximate surface area is 225 Å². The average Bonchev–Trinajstić information content (AvgIpc) is 2.87. The van der Waals surface area contributed by atoms with Crippen LogP contribution in [0.5, 0.6) is 0 Å². The zero-order valence-electron chi connectivity index (χ0n) is 21.5. The van der Waals surface area contributed by atoms with Gasteiger partial charge in [0.2, 0.25) is 0 Å². The summed E-state index contributed by atoms with van der Waals surface area (Å²) in [5.41, 5.74) is 3.09. The zero-order valence-corrected chi connectivity index (χ0v) is 23.9. The summed E-state index contributed by atoms with van der Waals surface area (Å²) in [4.78, 5) is 27.2. The van der Waals surface area contributed by atoms with Gasteiger partial charge >= 0.3 is 11.9 Å². The van der Waals surface area contributed by atoms with Crippen LogP contribution in [0.4, 0.5) is 0 Å². The molecule has 0 heterocycles. The second kappa shape index (κ2) is 13.1. The zero-order chi connectivity index (χ0) is 26.2. The highest BCUT2D eigenvalue weighted by molar-refractivity contribution is 9.10. The van der Waals surface area contributed by atoms with Gasteiger partial charge in [0.05, 0.1) is 16.5 Å². The van der Waals surface area contributed by atoms with Gasteiger partial charge in [-0.3, -0.25) is 4.79 Å². The van der Waals surface area contributed by atoms with Crippen molar-refractivity contribution in [3.8, 4) is 0 Å². The van der Waals surface area contributed by atoms with E-state index in [4.69, 9.17) is 9.47 Å². The van der Waals surface area contributed by atoms with Crippen molar-refractivity contribution in [2.75, 3.05) is 13.2 Å². The van der Waals surface area contributed by atoms with Crippen LogP contribution in [-0.4, -0.2) is 30.0 Å². The molecule has 0 saturated heterocycles. The molecule has 0 spiro atoms. The molecule has 0 radical (unpaired) electrons. The Morgan fingerprint density at radius 1 is 0.667 bits per heavy atom. The van der Waals surface area contributed by atoms with E-state index in [-0.39, 0.29) is 30.1 Å². The summed E-state index contributed by atoms with van der Waals surface area (Å²) in [5, 5.41) is 0. The van der Waals surface area contributed by atoms with Crippen molar-refractivity contribution in [3.05, 3.63) is 89.5 Å². The van der Waals surface area contributed by atoms with Gasteiger partial charge in [0.1, 0.15) is 18.0 Å². The lowest BCUT2D eigenvalue weighted by molar-refractivity contribution is -0.143. The van der Waals surface area contributed by atoms with Crippen LogP contribution in [0.1, 0.15) is 67.9 Å². The summed E-state index contributed by atoms with van der Waals surface area (Å²) in [5.74, 6) is 0.128. The molecular formula is C30H34BrO4S+. The molecule has 4 nitrogen and oxygen atoms in total. The number of rotatable bonds is 10. The van der Waals surface area contributed by atoms with Crippen LogP contribution in [0.25, 0.3) is 0 Å². The fourth-order valence-electron chi connectivity index (χ4n) is 3.59. The number of halogens is 1. The van der Waals surface area contributed by atoms with Crippen LogP contribution in [-0.2, 0) is 25.2 Å². The van der Waals surface area contributed by atoms with Crippen LogP contribution >= 0.6 is 15.9 Å². The normalized spacial score (nSPS) is 12.1. The minimum absolute atomic E-state index is 0.0147. The Morgan fingerprint density at radius 3 is 1.44 bits per heavy atom. The Morgan fingerprint density at radius 2 is 1.06 bits per heavy atom. The Bertz CT molecular complexity index is 1090. The van der Waals surface area contributed by atoms with Crippen molar-refractivity contribution >= 4 is 38.8 Å². The third kappa shape index (κ3) is 7.47. The SMILES string of the molecule is CC(Br)C(=O)OCCOC(=O)c1ccc([S+](c2ccc(C(C)C)cc2)c2ccc(C(C)C)cc2)cc1. The van der Waals surface area contributed by atoms with E-state index in [1.807, 2.05) is 12.1 Å². The highest BCUT2D eigenvalue weighted by Gasteiger charge is 2.29. The number of benzene rings is 3. The minimum Gasteiger partial charge on any atom is -0.461 e. The van der Waals surface area contributed by atoms with Gasteiger partial charge in [-0.1, -0.05) is 67.9 Å². The third-order valence-corrected chi connectivity index (χ3v) is 8.38. The highest BCUT2D eigenvalue weighted by Crippen LogP contribution is 2.33. The summed E-state index contributed by atoms with van der Waals surface area (Å²) in [6, 6.07) is 25.3. The topological polar surface area (TPSA) is 52.6 Å². The van der Waals surface area contributed by atoms with Crippen molar-refractivity contribution in [2.45, 2.75) is 66.0 Å². The van der Waals surface area contributed by atoms with Crippen molar-refractivity contribution in [1.82, 2.24) is 0 Å². The van der Waals surface area contributed by atoms with E-state index in [0.717, 1.165) is 4.90 Å². The number of hydrogen-bond donors (Lipinski definition) is 0. The fraction of sp³-hybridized carbons (Fsp3) is 0.333. The monoisotopic (exact) mass is 569 g/mol. The van der Waals surface area contributed by atoms with Gasteiger partial charge in [-0.05, 0) is 78.4 Å². The number of esters is 2. The predicted octanol–water partition coefficient (Wildman–Crippen LogP) is 7.51. The number of carbonyl (C=O) groups is 2. The molecule has 0 amide bonds. The van der Waals surface area contributed by atoms with E-state index in [2.05, 4.69) is 92.2 Å². The molecule has 0 aliphatic heterocycles. The first kappa shape index (κ1) is 28.0. The van der Waals surface area contributed by atoms with Gasteiger partial charge in [0.15, 0.2) is 14.7 Å². The molecule has 0 bridgehead atoms. The van der Waals surface area contributed by atoms with Crippen LogP contribution in [0.3, 0.4) is 0 Å². The molecule has 1 unspecified atom stereocenters. The molecule has 0 saturated carbocycles. The Hall–Kier alpha value is -2.57. The van der Waals surface area contributed by atoms with Crippen molar-refractivity contribution in [3.63, 3.8) is 0 Å². The molecule has 1 atom stereocenters. The molecule has 0 aliphatic carbocycles. The van der Waals surface area contributed by atoms with Gasteiger partial charge in [-0.2, -0.15) is 0 Å². The smallest absolute Gasteiger partial charge is 0.338 e. The highest BCUT2D eigenvalue weighted by atomic mass is 79.9. The molecular weight excluding hydrogens is 536 g/mol. The van der Waals surface area contributed by atoms with E-state index in [1.54, 1.807) is 19.1 Å². The fourth-order valence-corrected chi connectivity index (χ4v) is 5.76. The van der Waals surface area contributed by atoms with Crippen LogP contribution in [0.2, 0.25) is 0 Å². The van der Waals surface area contributed by atoms with Crippen molar-refractivity contribution in [2.24, 2.45) is 0 Å². The molecule has 190 valence electrons. The lowest BCUT2D eigenvalue weighted by Gasteiger charge is -2.12. The molecule has 3 rings (SSSR count). The molecule has 3 aromatic carbocycles. The van der Waals surface area contributed by atoms with E-state index < -0.39 is 10.8 Å². The molecule has 3 aromatic rings. The first-order valence-corrected chi connectivity index (χ1v) is 14.3. The lowest BCUT2D eigenvalue weighted by Crippen LogP contribution is -2.18. The summed E-state index contributed by atoms with van der Waals surface area (Å²) in [6.07, 6.45) is 0. The number of alkyl halides is 1. The second-order valence-corrected chi connectivity index (χ2v) is 12.6. The second-order valence-electron chi connectivity index (χ2n) is 9.20. The van der Waals surface area contributed by atoms with Gasteiger partial charge in [0.25, 0.3) is 0 Å².